The van der Waals surface area contributed by atoms with Crippen molar-refractivity contribution in [2.75, 3.05) is 18.3 Å². The molecule has 4 aromatic carbocycles. The maximum atomic E-state index is 13.0. The minimum atomic E-state index is -0.682. The van der Waals surface area contributed by atoms with Crippen molar-refractivity contribution in [3.8, 4) is 22.6 Å². The Labute approximate surface area is 241 Å². The van der Waals surface area contributed by atoms with Crippen molar-refractivity contribution >= 4 is 29.3 Å². The van der Waals surface area contributed by atoms with Crippen LogP contribution in [0, 0.1) is 0 Å². The molecule has 9 heteroatoms. The van der Waals surface area contributed by atoms with Gasteiger partial charge in [0.1, 0.15) is 0 Å². The third-order valence-electron chi connectivity index (χ3n) is 7.15. The number of nitrogens with zero attached hydrogens (tertiary/aromatic N) is 1. The molecule has 9 nitrogen and oxygen atoms in total. The number of carbonyl (C=O) groups is 4. The second-order valence-corrected chi connectivity index (χ2v) is 9.88. The highest BCUT2D eigenvalue weighted by Crippen LogP contribution is 2.32. The maximum Gasteiger partial charge on any atom is 0.338 e. The van der Waals surface area contributed by atoms with Gasteiger partial charge in [-0.2, -0.15) is 0 Å². The molecule has 0 aromatic heterocycles. The van der Waals surface area contributed by atoms with Crippen LogP contribution in [0.5, 0.6) is 11.5 Å². The van der Waals surface area contributed by atoms with Gasteiger partial charge in [0.15, 0.2) is 23.9 Å². The number of fused-ring (bicyclic) bond motifs is 1. The smallest absolute Gasteiger partial charge is 0.338 e. The molecule has 0 spiro atoms. The number of imide groups is 1. The molecule has 2 aliphatic heterocycles. The van der Waals surface area contributed by atoms with E-state index in [1.807, 2.05) is 54.6 Å². The average molecular weight is 563 g/mol. The monoisotopic (exact) mass is 562 g/mol. The lowest BCUT2D eigenvalue weighted by Gasteiger charge is -2.16. The summed E-state index contributed by atoms with van der Waals surface area (Å²) < 4.78 is 15.9. The number of ether oxygens (including phenoxy) is 3. The number of ketones is 1. The zero-order valence-electron chi connectivity index (χ0n) is 22.4. The molecule has 1 N–H and O–H groups in total. The largest absolute Gasteiger partial charge is 0.454 e. The predicted octanol–water partition coefficient (Wildman–Crippen LogP) is 4.54. The Bertz CT molecular complexity index is 1650. The summed E-state index contributed by atoms with van der Waals surface area (Å²) in [6, 6.07) is 27.7. The van der Waals surface area contributed by atoms with Gasteiger partial charge in [-0.05, 0) is 53.1 Å². The minimum absolute atomic E-state index is 0.0155. The van der Waals surface area contributed by atoms with Gasteiger partial charge in [0, 0.05) is 12.1 Å². The van der Waals surface area contributed by atoms with Crippen LogP contribution in [0.25, 0.3) is 11.1 Å². The van der Waals surface area contributed by atoms with Gasteiger partial charge in [-0.3, -0.25) is 14.4 Å². The van der Waals surface area contributed by atoms with Crippen molar-refractivity contribution in [1.82, 2.24) is 5.32 Å². The lowest BCUT2D eigenvalue weighted by atomic mass is 10.0. The van der Waals surface area contributed by atoms with Gasteiger partial charge < -0.3 is 19.5 Å². The van der Waals surface area contributed by atoms with Gasteiger partial charge in [0.25, 0.3) is 5.91 Å². The molecule has 1 fully saturated rings. The molecule has 4 aromatic rings. The first-order chi connectivity index (χ1) is 20.5. The number of amides is 2. The molecular weight excluding hydrogens is 536 g/mol. The number of hydrogen-bond acceptors (Lipinski definition) is 8. The van der Waals surface area contributed by atoms with Crippen LogP contribution < -0.4 is 19.7 Å². The number of anilines is 1. The molecule has 0 aliphatic carbocycles. The van der Waals surface area contributed by atoms with Crippen molar-refractivity contribution in [1.29, 1.82) is 0 Å². The summed E-state index contributed by atoms with van der Waals surface area (Å²) in [7, 11) is 0. The van der Waals surface area contributed by atoms with Gasteiger partial charge in [0.2, 0.25) is 12.7 Å². The average Bonchev–Trinajstić information content (AvgIpc) is 3.61. The molecule has 6 rings (SSSR count). The molecule has 2 amide bonds. The Morgan fingerprint density at radius 2 is 1.50 bits per heavy atom. The quantitative estimate of drug-likeness (QED) is 0.180. The first kappa shape index (κ1) is 26.9. The van der Waals surface area contributed by atoms with Crippen LogP contribution in [0.3, 0.4) is 0 Å². The standard InChI is InChI=1S/C33H26N2O7/c36-28(24-9-7-23(8-10-24)22-4-2-1-3-5-22)19-40-33(39)25-11-13-26(14-12-25)35-31(37)17-27(32(35)38)34-18-21-6-15-29-30(16-21)42-20-41-29/h1-16,27,34H,17-20H2. The fourth-order valence-electron chi connectivity index (χ4n) is 4.88. The second kappa shape index (κ2) is 11.7. The zero-order valence-corrected chi connectivity index (χ0v) is 22.4. The number of esters is 1. The van der Waals surface area contributed by atoms with Crippen molar-refractivity contribution in [3.05, 3.63) is 114 Å². The van der Waals surface area contributed by atoms with Crippen LogP contribution in [-0.4, -0.2) is 43.0 Å². The molecule has 0 bridgehead atoms. The molecule has 1 atom stereocenters. The third-order valence-corrected chi connectivity index (χ3v) is 7.15. The lowest BCUT2D eigenvalue weighted by Crippen LogP contribution is -2.38. The second-order valence-electron chi connectivity index (χ2n) is 9.88. The summed E-state index contributed by atoms with van der Waals surface area (Å²) in [6.07, 6.45) is 0.0155. The first-order valence-corrected chi connectivity index (χ1v) is 13.4. The van der Waals surface area contributed by atoms with Crippen molar-refractivity contribution in [3.63, 3.8) is 0 Å². The molecule has 42 heavy (non-hydrogen) atoms. The van der Waals surface area contributed by atoms with Crippen LogP contribution in [0.1, 0.15) is 32.7 Å². The first-order valence-electron chi connectivity index (χ1n) is 13.4. The number of benzene rings is 4. The summed E-state index contributed by atoms with van der Waals surface area (Å²) in [5, 5.41) is 3.14. The molecule has 0 radical (unpaired) electrons. The zero-order chi connectivity index (χ0) is 29.1. The Morgan fingerprint density at radius 3 is 2.26 bits per heavy atom. The number of rotatable bonds is 9. The molecule has 1 unspecified atom stereocenters. The molecule has 1 saturated heterocycles. The summed E-state index contributed by atoms with van der Waals surface area (Å²) in [6.45, 7) is 0.134. The van der Waals surface area contributed by atoms with E-state index in [1.54, 1.807) is 18.2 Å². The van der Waals surface area contributed by atoms with Crippen LogP contribution in [0.4, 0.5) is 5.69 Å². The number of nitrogens with one attached hydrogen (secondary N) is 1. The molecule has 0 saturated carbocycles. The van der Waals surface area contributed by atoms with Gasteiger partial charge in [0.05, 0.1) is 23.7 Å². The normalized spacial score (nSPS) is 15.6. The van der Waals surface area contributed by atoms with Crippen LogP contribution >= 0.6 is 0 Å². The Kier molecular flexibility index (Phi) is 7.49. The SMILES string of the molecule is O=C(COC(=O)c1ccc(N2C(=O)CC(NCc3ccc4c(c3)OCO4)C2=O)cc1)c1ccc(-c2ccccc2)cc1. The minimum Gasteiger partial charge on any atom is -0.454 e. The summed E-state index contributed by atoms with van der Waals surface area (Å²) in [5.41, 5.74) is 3.89. The number of hydrogen-bond donors (Lipinski definition) is 1. The van der Waals surface area contributed by atoms with Gasteiger partial charge in [-0.1, -0.05) is 60.7 Å². The van der Waals surface area contributed by atoms with E-state index in [0.29, 0.717) is 29.3 Å². The highest BCUT2D eigenvalue weighted by Gasteiger charge is 2.39. The van der Waals surface area contributed by atoms with E-state index in [0.717, 1.165) is 21.6 Å². The van der Waals surface area contributed by atoms with E-state index in [9.17, 15) is 19.2 Å². The molecule has 210 valence electrons. The van der Waals surface area contributed by atoms with E-state index in [2.05, 4.69) is 5.32 Å². The van der Waals surface area contributed by atoms with Crippen molar-refractivity contribution in [2.24, 2.45) is 0 Å². The third kappa shape index (κ3) is 5.63. The van der Waals surface area contributed by atoms with Crippen LogP contribution in [0.15, 0.2) is 97.1 Å². The molecular formula is C33H26N2O7. The lowest BCUT2D eigenvalue weighted by molar-refractivity contribution is -0.121. The molecule has 2 aliphatic rings. The van der Waals surface area contributed by atoms with Crippen molar-refractivity contribution < 1.29 is 33.4 Å². The summed E-state index contributed by atoms with van der Waals surface area (Å²) in [4.78, 5) is 52.0. The van der Waals surface area contributed by atoms with Gasteiger partial charge in [-0.15, -0.1) is 0 Å². The molecule has 2 heterocycles. The van der Waals surface area contributed by atoms with E-state index >= 15 is 0 Å². The summed E-state index contributed by atoms with van der Waals surface area (Å²) >= 11 is 0. The highest BCUT2D eigenvalue weighted by molar-refractivity contribution is 6.22. The number of Topliss-reactive ketones (excluding diaryl/α,β-unsaturated/α-hetero) is 1. The van der Waals surface area contributed by atoms with Crippen LogP contribution in [0.2, 0.25) is 0 Å². The van der Waals surface area contributed by atoms with Gasteiger partial charge in [-0.25, -0.2) is 9.69 Å². The Morgan fingerprint density at radius 1 is 0.810 bits per heavy atom. The van der Waals surface area contributed by atoms with E-state index in [-0.39, 0.29) is 36.4 Å². The topological polar surface area (TPSA) is 111 Å². The fraction of sp³-hybridized carbons (Fsp3) is 0.152. The fourth-order valence-corrected chi connectivity index (χ4v) is 4.88. The highest BCUT2D eigenvalue weighted by atomic mass is 16.7. The Hall–Kier alpha value is -5.28. The van der Waals surface area contributed by atoms with E-state index < -0.39 is 18.6 Å². The summed E-state index contributed by atoms with van der Waals surface area (Å²) in [5.74, 6) is -0.414. The van der Waals surface area contributed by atoms with Gasteiger partial charge >= 0.3 is 5.97 Å². The number of carbonyl (C=O) groups excluding carboxylic acids is 4. The van der Waals surface area contributed by atoms with Crippen molar-refractivity contribution in [2.45, 2.75) is 19.0 Å². The van der Waals surface area contributed by atoms with E-state index in [1.165, 1.54) is 24.3 Å². The van der Waals surface area contributed by atoms with E-state index in [4.69, 9.17) is 14.2 Å². The maximum absolute atomic E-state index is 13.0. The van der Waals surface area contributed by atoms with Crippen LogP contribution in [-0.2, 0) is 20.9 Å². The predicted molar refractivity (Wildman–Crippen MR) is 153 cm³/mol. The Balaban J connectivity index is 1.02.